The van der Waals surface area contributed by atoms with Gasteiger partial charge in [0.05, 0.1) is 9.96 Å². The van der Waals surface area contributed by atoms with Crippen molar-refractivity contribution in [1.29, 1.82) is 0 Å². The van der Waals surface area contributed by atoms with E-state index in [1.165, 1.54) is 30.0 Å². The summed E-state index contributed by atoms with van der Waals surface area (Å²) >= 11 is 2.97. The van der Waals surface area contributed by atoms with Crippen LogP contribution in [0.1, 0.15) is 10.4 Å². The summed E-state index contributed by atoms with van der Waals surface area (Å²) in [6.07, 6.45) is 0. The first kappa shape index (κ1) is 14.4. The maximum Gasteiger partial charge on any atom is 0.339 e. The van der Waals surface area contributed by atoms with Gasteiger partial charge in [-0.05, 0) is 23.6 Å². The molecule has 20 heavy (non-hydrogen) atoms. The van der Waals surface area contributed by atoms with Gasteiger partial charge in [-0.3, -0.25) is 4.79 Å². The van der Waals surface area contributed by atoms with Gasteiger partial charge in [-0.15, -0.1) is 23.1 Å². The summed E-state index contributed by atoms with van der Waals surface area (Å²) in [7, 11) is 0. The fraction of sp³-hybridized carbons (Fsp3) is 0.0769. The largest absolute Gasteiger partial charge is 0.507 e. The Morgan fingerprint density at radius 3 is 2.70 bits per heavy atom. The Labute approximate surface area is 123 Å². The molecule has 0 spiro atoms. The van der Waals surface area contributed by atoms with E-state index >= 15 is 0 Å². The van der Waals surface area contributed by atoms with Gasteiger partial charge in [0.25, 0.3) is 0 Å². The zero-order valence-electron chi connectivity index (χ0n) is 10.2. The molecule has 1 aromatic heterocycles. The van der Waals surface area contributed by atoms with Crippen molar-refractivity contribution in [2.75, 3.05) is 11.1 Å². The summed E-state index contributed by atoms with van der Waals surface area (Å²) in [4.78, 5) is 22.5. The van der Waals surface area contributed by atoms with Gasteiger partial charge in [0.15, 0.2) is 0 Å². The molecule has 0 radical (unpaired) electrons. The molecule has 0 saturated carbocycles. The molecule has 0 aliphatic heterocycles. The SMILES string of the molecule is O=C(CSc1cccs1)Nc1ccc(C(=O)O)c(O)c1. The number of anilines is 1. The molecular formula is C13H11NO4S2. The van der Waals surface area contributed by atoms with E-state index in [-0.39, 0.29) is 23.0 Å². The Bertz CT molecular complexity index is 625. The van der Waals surface area contributed by atoms with Crippen molar-refractivity contribution in [3.05, 3.63) is 41.3 Å². The molecule has 104 valence electrons. The molecule has 7 heteroatoms. The monoisotopic (exact) mass is 309 g/mol. The number of benzene rings is 1. The van der Waals surface area contributed by atoms with Gasteiger partial charge in [0.1, 0.15) is 11.3 Å². The number of carboxylic acids is 1. The van der Waals surface area contributed by atoms with E-state index in [1.54, 1.807) is 11.3 Å². The van der Waals surface area contributed by atoms with Gasteiger partial charge in [0, 0.05) is 11.8 Å². The minimum Gasteiger partial charge on any atom is -0.507 e. The molecule has 1 heterocycles. The van der Waals surface area contributed by atoms with E-state index in [0.717, 1.165) is 4.21 Å². The standard InChI is InChI=1S/C13H11NO4S2/c15-10-6-8(3-4-9(10)13(17)18)14-11(16)7-20-12-2-1-5-19-12/h1-6,15H,7H2,(H,14,16)(H,17,18). The third-order valence-corrected chi connectivity index (χ3v) is 4.48. The summed E-state index contributed by atoms with van der Waals surface area (Å²) in [6.45, 7) is 0. The second kappa shape index (κ2) is 6.44. The van der Waals surface area contributed by atoms with Crippen molar-refractivity contribution in [2.24, 2.45) is 0 Å². The molecule has 0 saturated heterocycles. The van der Waals surface area contributed by atoms with Crippen molar-refractivity contribution in [2.45, 2.75) is 4.21 Å². The number of thioether (sulfide) groups is 1. The zero-order chi connectivity index (χ0) is 14.5. The topological polar surface area (TPSA) is 86.6 Å². The molecule has 1 aromatic carbocycles. The highest BCUT2D eigenvalue weighted by Crippen LogP contribution is 2.24. The lowest BCUT2D eigenvalue weighted by Crippen LogP contribution is -2.14. The maximum atomic E-state index is 11.7. The predicted molar refractivity (Wildman–Crippen MR) is 78.7 cm³/mol. The van der Waals surface area contributed by atoms with Gasteiger partial charge in [0.2, 0.25) is 5.91 Å². The maximum absolute atomic E-state index is 11.7. The molecule has 0 aliphatic carbocycles. The van der Waals surface area contributed by atoms with Gasteiger partial charge < -0.3 is 15.5 Å². The second-order valence-corrected chi connectivity index (χ2v) is 6.03. The van der Waals surface area contributed by atoms with Crippen molar-refractivity contribution in [1.82, 2.24) is 0 Å². The van der Waals surface area contributed by atoms with Crippen LogP contribution in [0.2, 0.25) is 0 Å². The minimum atomic E-state index is -1.21. The first-order chi connectivity index (χ1) is 9.56. The van der Waals surface area contributed by atoms with Gasteiger partial charge in [-0.1, -0.05) is 6.07 Å². The lowest BCUT2D eigenvalue weighted by atomic mass is 10.2. The molecule has 0 fully saturated rings. The Kier molecular flexibility index (Phi) is 4.65. The van der Waals surface area contributed by atoms with Gasteiger partial charge in [-0.25, -0.2) is 4.79 Å². The molecule has 2 rings (SSSR count). The number of hydrogen-bond acceptors (Lipinski definition) is 5. The van der Waals surface area contributed by atoms with Gasteiger partial charge >= 0.3 is 5.97 Å². The molecule has 5 nitrogen and oxygen atoms in total. The number of thiophene rings is 1. The zero-order valence-corrected chi connectivity index (χ0v) is 11.8. The number of phenols is 1. The van der Waals surface area contributed by atoms with E-state index in [0.29, 0.717) is 5.69 Å². The summed E-state index contributed by atoms with van der Waals surface area (Å²) in [5.74, 6) is -1.55. The first-order valence-electron chi connectivity index (χ1n) is 5.59. The second-order valence-electron chi connectivity index (χ2n) is 3.81. The summed E-state index contributed by atoms with van der Waals surface area (Å²) in [5.41, 5.74) is 0.167. The van der Waals surface area contributed by atoms with Crippen LogP contribution in [0.25, 0.3) is 0 Å². The van der Waals surface area contributed by atoms with Crippen LogP contribution < -0.4 is 5.32 Å². The first-order valence-corrected chi connectivity index (χ1v) is 7.45. The molecule has 0 atom stereocenters. The third kappa shape index (κ3) is 3.75. The Morgan fingerprint density at radius 2 is 2.10 bits per heavy atom. The number of carboxylic acid groups (broad SMARTS) is 1. The third-order valence-electron chi connectivity index (χ3n) is 2.35. The number of amides is 1. The predicted octanol–water partition coefficient (Wildman–Crippen LogP) is 2.88. The minimum absolute atomic E-state index is 0.198. The number of hydrogen-bond donors (Lipinski definition) is 3. The van der Waals surface area contributed by atoms with Gasteiger partial charge in [-0.2, -0.15) is 0 Å². The van der Waals surface area contributed by atoms with Crippen molar-refractivity contribution >= 4 is 40.7 Å². The lowest BCUT2D eigenvalue weighted by molar-refractivity contribution is -0.113. The number of rotatable bonds is 5. The highest BCUT2D eigenvalue weighted by molar-refractivity contribution is 8.01. The van der Waals surface area contributed by atoms with Crippen molar-refractivity contribution < 1.29 is 19.8 Å². The molecule has 0 bridgehead atoms. The van der Waals surface area contributed by atoms with E-state index in [4.69, 9.17) is 5.11 Å². The van der Waals surface area contributed by atoms with Crippen LogP contribution in [0.5, 0.6) is 5.75 Å². The summed E-state index contributed by atoms with van der Waals surface area (Å²) in [5, 5.41) is 22.8. The summed E-state index contributed by atoms with van der Waals surface area (Å²) in [6, 6.07) is 7.75. The normalized spacial score (nSPS) is 10.2. The fourth-order valence-corrected chi connectivity index (χ4v) is 3.05. The molecule has 0 aliphatic rings. The molecule has 3 N–H and O–H groups in total. The quantitative estimate of drug-likeness (QED) is 0.739. The van der Waals surface area contributed by atoms with Crippen LogP contribution in [-0.2, 0) is 4.79 Å². The number of aromatic carboxylic acids is 1. The number of carbonyl (C=O) groups excluding carboxylic acids is 1. The number of nitrogens with one attached hydrogen (secondary N) is 1. The van der Waals surface area contributed by atoms with E-state index in [9.17, 15) is 14.7 Å². The number of aromatic hydroxyl groups is 1. The fourth-order valence-electron chi connectivity index (χ4n) is 1.47. The Balaban J connectivity index is 1.94. The smallest absolute Gasteiger partial charge is 0.339 e. The highest BCUT2D eigenvalue weighted by Gasteiger charge is 2.11. The molecule has 0 unspecified atom stereocenters. The van der Waals surface area contributed by atoms with Crippen LogP contribution >= 0.6 is 23.1 Å². The van der Waals surface area contributed by atoms with Crippen LogP contribution in [-0.4, -0.2) is 27.8 Å². The van der Waals surface area contributed by atoms with E-state index in [2.05, 4.69) is 5.32 Å². The van der Waals surface area contributed by atoms with Crippen LogP contribution in [0, 0.1) is 0 Å². The summed E-state index contributed by atoms with van der Waals surface area (Å²) < 4.78 is 1.05. The molecular weight excluding hydrogens is 298 g/mol. The van der Waals surface area contributed by atoms with Crippen molar-refractivity contribution in [3.63, 3.8) is 0 Å². The average molecular weight is 309 g/mol. The van der Waals surface area contributed by atoms with Crippen LogP contribution in [0.15, 0.2) is 39.9 Å². The van der Waals surface area contributed by atoms with E-state index in [1.807, 2.05) is 17.5 Å². The Hall–Kier alpha value is -1.99. The molecule has 2 aromatic rings. The lowest BCUT2D eigenvalue weighted by Gasteiger charge is -2.06. The molecule has 1 amide bonds. The van der Waals surface area contributed by atoms with Crippen LogP contribution in [0.3, 0.4) is 0 Å². The average Bonchev–Trinajstić information content (AvgIpc) is 2.89. The van der Waals surface area contributed by atoms with E-state index < -0.39 is 5.97 Å². The van der Waals surface area contributed by atoms with Crippen LogP contribution in [0.4, 0.5) is 5.69 Å². The Morgan fingerprint density at radius 1 is 1.30 bits per heavy atom. The highest BCUT2D eigenvalue weighted by atomic mass is 32.2. The van der Waals surface area contributed by atoms with Crippen molar-refractivity contribution in [3.8, 4) is 5.75 Å². The number of carbonyl (C=O) groups is 2.